The third-order valence-corrected chi connectivity index (χ3v) is 7.47. The highest BCUT2D eigenvalue weighted by atomic mass is 19.1. The standard InChI is InChI=1S/C27H29F2N5O2/c28-22-12-17(13-24-27(22)36-11-10-34(24)19-2-1-3-19)26-23(29)16-31-25(32-26)14-18-4-5-20(15-30-18)33-8-6-21(35)7-9-33/h4-5,12-13,15-16,19,21,35H,1-3,6-11,14H2. The van der Waals surface area contributed by atoms with Gasteiger partial charge in [0.2, 0.25) is 0 Å². The average molecular weight is 494 g/mol. The first kappa shape index (κ1) is 23.1. The lowest BCUT2D eigenvalue weighted by atomic mass is 9.90. The molecule has 2 fully saturated rings. The van der Waals surface area contributed by atoms with E-state index in [-0.39, 0.29) is 17.5 Å². The minimum Gasteiger partial charge on any atom is -0.486 e. The zero-order chi connectivity index (χ0) is 24.6. The second-order valence-electron chi connectivity index (χ2n) is 9.82. The number of pyridine rings is 1. The molecule has 9 heteroatoms. The molecule has 0 atom stereocenters. The Kier molecular flexibility index (Phi) is 6.17. The number of aliphatic hydroxyl groups is 1. The predicted octanol–water partition coefficient (Wildman–Crippen LogP) is 4.12. The average Bonchev–Trinajstić information content (AvgIpc) is 2.86. The molecule has 6 rings (SSSR count). The van der Waals surface area contributed by atoms with Gasteiger partial charge in [-0.15, -0.1) is 0 Å². The van der Waals surface area contributed by atoms with Gasteiger partial charge in [0.15, 0.2) is 17.4 Å². The minimum atomic E-state index is -0.597. The summed E-state index contributed by atoms with van der Waals surface area (Å²) in [6.45, 7) is 2.73. The summed E-state index contributed by atoms with van der Waals surface area (Å²) in [5, 5.41) is 9.72. The van der Waals surface area contributed by atoms with Gasteiger partial charge >= 0.3 is 0 Å². The van der Waals surface area contributed by atoms with E-state index in [9.17, 15) is 9.50 Å². The van der Waals surface area contributed by atoms with Gasteiger partial charge in [-0.1, -0.05) is 0 Å². The Bertz CT molecular complexity index is 1240. The quantitative estimate of drug-likeness (QED) is 0.573. The number of piperidine rings is 1. The first-order valence-corrected chi connectivity index (χ1v) is 12.7. The van der Waals surface area contributed by atoms with Crippen LogP contribution in [-0.2, 0) is 6.42 Å². The van der Waals surface area contributed by atoms with Crippen LogP contribution in [0.15, 0.2) is 36.7 Å². The molecule has 2 aromatic heterocycles. The van der Waals surface area contributed by atoms with Gasteiger partial charge in [0.1, 0.15) is 18.1 Å². The second-order valence-corrected chi connectivity index (χ2v) is 9.82. The maximum Gasteiger partial charge on any atom is 0.178 e. The normalized spacial score (nSPS) is 18.5. The lowest BCUT2D eigenvalue weighted by Crippen LogP contribution is -2.44. The third kappa shape index (κ3) is 4.48. The number of rotatable bonds is 5. The summed E-state index contributed by atoms with van der Waals surface area (Å²) in [5.74, 6) is -0.453. The number of halogens is 2. The lowest BCUT2D eigenvalue weighted by Gasteiger charge is -2.42. The van der Waals surface area contributed by atoms with E-state index < -0.39 is 11.6 Å². The van der Waals surface area contributed by atoms with Gasteiger partial charge in [0.25, 0.3) is 0 Å². The molecule has 1 saturated carbocycles. The molecule has 188 valence electrons. The maximum atomic E-state index is 15.0. The van der Waals surface area contributed by atoms with Crippen molar-refractivity contribution in [3.05, 3.63) is 59.8 Å². The van der Waals surface area contributed by atoms with Crippen molar-refractivity contribution in [3.8, 4) is 17.0 Å². The highest BCUT2D eigenvalue weighted by Gasteiger charge is 2.31. The smallest absolute Gasteiger partial charge is 0.178 e. The van der Waals surface area contributed by atoms with Crippen molar-refractivity contribution < 1.29 is 18.6 Å². The Balaban J connectivity index is 1.24. The van der Waals surface area contributed by atoms with Crippen molar-refractivity contribution >= 4 is 11.4 Å². The molecule has 4 heterocycles. The zero-order valence-electron chi connectivity index (χ0n) is 20.0. The van der Waals surface area contributed by atoms with Crippen LogP contribution < -0.4 is 14.5 Å². The Morgan fingerprint density at radius 3 is 2.53 bits per heavy atom. The summed E-state index contributed by atoms with van der Waals surface area (Å²) in [5.41, 5.74) is 2.88. The van der Waals surface area contributed by atoms with E-state index in [1.165, 1.54) is 12.5 Å². The number of anilines is 2. The van der Waals surface area contributed by atoms with Gasteiger partial charge in [-0.25, -0.2) is 18.7 Å². The number of aromatic nitrogens is 3. The molecule has 3 aliphatic rings. The summed E-state index contributed by atoms with van der Waals surface area (Å²) >= 11 is 0. The van der Waals surface area contributed by atoms with E-state index in [0.29, 0.717) is 42.7 Å². The number of nitrogens with zero attached hydrogens (tertiary/aromatic N) is 5. The highest BCUT2D eigenvalue weighted by Crippen LogP contribution is 2.42. The van der Waals surface area contributed by atoms with Gasteiger partial charge in [0, 0.05) is 30.4 Å². The molecule has 0 bridgehead atoms. The van der Waals surface area contributed by atoms with Crippen LogP contribution in [0.1, 0.15) is 43.6 Å². The van der Waals surface area contributed by atoms with E-state index in [2.05, 4.69) is 24.8 Å². The molecular formula is C27H29F2N5O2. The topological polar surface area (TPSA) is 74.6 Å². The van der Waals surface area contributed by atoms with Crippen molar-refractivity contribution in [2.75, 3.05) is 36.0 Å². The van der Waals surface area contributed by atoms with E-state index in [0.717, 1.165) is 56.4 Å². The van der Waals surface area contributed by atoms with E-state index in [1.807, 2.05) is 18.3 Å². The SMILES string of the molecule is OC1CCN(c2ccc(Cc3ncc(F)c(-c4cc(F)c5c(c4)N(C4CCC4)CCO5)n3)nc2)CC1. The fraction of sp³-hybridized carbons (Fsp3) is 0.444. The fourth-order valence-corrected chi connectivity index (χ4v) is 5.20. The van der Waals surface area contributed by atoms with E-state index in [1.54, 1.807) is 6.07 Å². The Morgan fingerprint density at radius 2 is 1.81 bits per heavy atom. The number of fused-ring (bicyclic) bond motifs is 1. The molecule has 7 nitrogen and oxygen atoms in total. The van der Waals surface area contributed by atoms with E-state index in [4.69, 9.17) is 4.74 Å². The summed E-state index contributed by atoms with van der Waals surface area (Å²) in [6, 6.07) is 7.36. The molecule has 3 aromatic rings. The fourth-order valence-electron chi connectivity index (χ4n) is 5.20. The van der Waals surface area contributed by atoms with Crippen LogP contribution >= 0.6 is 0 Å². The van der Waals surface area contributed by atoms with Crippen LogP contribution in [-0.4, -0.2) is 58.4 Å². The van der Waals surface area contributed by atoms with Gasteiger partial charge in [0.05, 0.1) is 42.8 Å². The number of benzene rings is 1. The Labute approximate surface area is 208 Å². The maximum absolute atomic E-state index is 15.0. The van der Waals surface area contributed by atoms with Crippen LogP contribution in [0.3, 0.4) is 0 Å². The molecule has 36 heavy (non-hydrogen) atoms. The molecule has 1 aromatic carbocycles. The van der Waals surface area contributed by atoms with Crippen LogP contribution in [0, 0.1) is 11.6 Å². The first-order chi connectivity index (χ1) is 17.5. The first-order valence-electron chi connectivity index (χ1n) is 12.7. The second kappa shape index (κ2) is 9.61. The molecule has 0 unspecified atom stereocenters. The van der Waals surface area contributed by atoms with Crippen molar-refractivity contribution in [1.29, 1.82) is 0 Å². The minimum absolute atomic E-state index is 0.0735. The van der Waals surface area contributed by atoms with Crippen molar-refractivity contribution in [3.63, 3.8) is 0 Å². The summed E-state index contributed by atoms with van der Waals surface area (Å²) in [7, 11) is 0. The van der Waals surface area contributed by atoms with Crippen LogP contribution in [0.25, 0.3) is 11.3 Å². The molecule has 0 amide bonds. The van der Waals surface area contributed by atoms with Crippen LogP contribution in [0.2, 0.25) is 0 Å². The van der Waals surface area contributed by atoms with Crippen LogP contribution in [0.5, 0.6) is 5.75 Å². The number of aliphatic hydroxyl groups excluding tert-OH is 1. The number of ether oxygens (including phenoxy) is 1. The molecule has 1 aliphatic carbocycles. The monoisotopic (exact) mass is 493 g/mol. The summed E-state index contributed by atoms with van der Waals surface area (Å²) < 4.78 is 35.5. The molecule has 0 spiro atoms. The van der Waals surface area contributed by atoms with Gasteiger partial charge in [-0.05, 0) is 56.4 Å². The van der Waals surface area contributed by atoms with Crippen molar-refractivity contribution in [2.24, 2.45) is 0 Å². The predicted molar refractivity (Wildman–Crippen MR) is 132 cm³/mol. The Morgan fingerprint density at radius 1 is 0.972 bits per heavy atom. The highest BCUT2D eigenvalue weighted by molar-refractivity contribution is 5.72. The van der Waals surface area contributed by atoms with Gasteiger partial charge in [-0.3, -0.25) is 4.98 Å². The summed E-state index contributed by atoms with van der Waals surface area (Å²) in [4.78, 5) is 17.6. The lowest BCUT2D eigenvalue weighted by molar-refractivity contribution is 0.145. The van der Waals surface area contributed by atoms with Crippen molar-refractivity contribution in [2.45, 2.75) is 50.7 Å². The zero-order valence-corrected chi connectivity index (χ0v) is 20.0. The molecule has 2 aliphatic heterocycles. The molecular weight excluding hydrogens is 464 g/mol. The molecule has 1 N–H and O–H groups in total. The van der Waals surface area contributed by atoms with E-state index >= 15 is 4.39 Å². The Hall–Kier alpha value is -3.33. The number of hydrogen-bond donors (Lipinski definition) is 1. The third-order valence-electron chi connectivity index (χ3n) is 7.47. The largest absolute Gasteiger partial charge is 0.486 e. The molecule has 0 radical (unpaired) electrons. The van der Waals surface area contributed by atoms with Crippen molar-refractivity contribution in [1.82, 2.24) is 15.0 Å². The number of hydrogen-bond acceptors (Lipinski definition) is 7. The van der Waals surface area contributed by atoms with Gasteiger partial charge in [-0.2, -0.15) is 0 Å². The van der Waals surface area contributed by atoms with Crippen LogP contribution in [0.4, 0.5) is 20.2 Å². The van der Waals surface area contributed by atoms with Gasteiger partial charge < -0.3 is 19.6 Å². The molecule has 1 saturated heterocycles. The summed E-state index contributed by atoms with van der Waals surface area (Å²) in [6.07, 6.45) is 7.87.